The molecule has 1 saturated carbocycles. The van der Waals surface area contributed by atoms with Crippen molar-refractivity contribution in [2.24, 2.45) is 16.6 Å². The SMILES string of the molecule is CCOc1cccc(C2CN=C(N)N2CC2CC2)c1. The van der Waals surface area contributed by atoms with Crippen LogP contribution < -0.4 is 10.5 Å². The minimum Gasteiger partial charge on any atom is -0.494 e. The average molecular weight is 259 g/mol. The van der Waals surface area contributed by atoms with Crippen molar-refractivity contribution >= 4 is 5.96 Å². The standard InChI is InChI=1S/C15H21N3O/c1-2-19-13-5-3-4-12(8-13)14-9-17-15(16)18(14)10-11-6-7-11/h3-5,8,11,14H,2,6-7,9-10H2,1H3,(H2,16,17). The van der Waals surface area contributed by atoms with Gasteiger partial charge in [-0.15, -0.1) is 0 Å². The predicted molar refractivity (Wildman–Crippen MR) is 76.3 cm³/mol. The summed E-state index contributed by atoms with van der Waals surface area (Å²) in [4.78, 5) is 6.66. The molecule has 0 radical (unpaired) electrons. The number of nitrogens with zero attached hydrogens (tertiary/aromatic N) is 2. The summed E-state index contributed by atoms with van der Waals surface area (Å²) in [7, 11) is 0. The lowest BCUT2D eigenvalue weighted by molar-refractivity contribution is 0.325. The van der Waals surface area contributed by atoms with E-state index in [0.29, 0.717) is 12.6 Å². The number of hydrogen-bond donors (Lipinski definition) is 1. The minimum absolute atomic E-state index is 0.279. The predicted octanol–water partition coefficient (Wildman–Crippen LogP) is 2.17. The van der Waals surface area contributed by atoms with Gasteiger partial charge in [-0.2, -0.15) is 0 Å². The summed E-state index contributed by atoms with van der Waals surface area (Å²) in [5.74, 6) is 2.43. The van der Waals surface area contributed by atoms with Crippen LogP contribution in [0.4, 0.5) is 0 Å². The Labute approximate surface area is 114 Å². The van der Waals surface area contributed by atoms with Crippen molar-refractivity contribution in [3.8, 4) is 5.75 Å². The van der Waals surface area contributed by atoms with Gasteiger partial charge in [0, 0.05) is 6.54 Å². The molecule has 19 heavy (non-hydrogen) atoms. The molecule has 0 bridgehead atoms. The maximum Gasteiger partial charge on any atom is 0.191 e. The lowest BCUT2D eigenvalue weighted by Gasteiger charge is -2.26. The van der Waals surface area contributed by atoms with Gasteiger partial charge in [0.05, 0.1) is 19.2 Å². The van der Waals surface area contributed by atoms with Gasteiger partial charge in [0.15, 0.2) is 5.96 Å². The van der Waals surface area contributed by atoms with Gasteiger partial charge in [0.2, 0.25) is 0 Å². The second-order valence-corrected chi connectivity index (χ2v) is 5.32. The Morgan fingerprint density at radius 1 is 1.42 bits per heavy atom. The largest absolute Gasteiger partial charge is 0.494 e. The molecule has 1 aliphatic heterocycles. The molecular weight excluding hydrogens is 238 g/mol. The molecular formula is C15H21N3O. The summed E-state index contributed by atoms with van der Waals surface area (Å²) >= 11 is 0. The van der Waals surface area contributed by atoms with Crippen molar-refractivity contribution in [1.82, 2.24) is 4.90 Å². The van der Waals surface area contributed by atoms with Gasteiger partial charge in [0.25, 0.3) is 0 Å². The van der Waals surface area contributed by atoms with Crippen LogP contribution in [0.1, 0.15) is 31.4 Å². The second kappa shape index (κ2) is 5.11. The van der Waals surface area contributed by atoms with Gasteiger partial charge in [-0.05, 0) is 43.4 Å². The van der Waals surface area contributed by atoms with Gasteiger partial charge in [-0.25, -0.2) is 0 Å². The molecule has 4 nitrogen and oxygen atoms in total. The fraction of sp³-hybridized carbons (Fsp3) is 0.533. The fourth-order valence-corrected chi connectivity index (χ4v) is 2.59. The lowest BCUT2D eigenvalue weighted by Crippen LogP contribution is -2.37. The third-order valence-electron chi connectivity index (χ3n) is 3.80. The molecule has 1 unspecified atom stereocenters. The maximum atomic E-state index is 6.02. The van der Waals surface area contributed by atoms with Crippen LogP contribution in [-0.2, 0) is 0 Å². The number of hydrogen-bond acceptors (Lipinski definition) is 4. The Balaban J connectivity index is 1.78. The Bertz CT molecular complexity index is 482. The van der Waals surface area contributed by atoms with Crippen LogP contribution in [0, 0.1) is 5.92 Å². The molecule has 1 heterocycles. The smallest absolute Gasteiger partial charge is 0.191 e. The fourth-order valence-electron chi connectivity index (χ4n) is 2.59. The number of guanidine groups is 1. The van der Waals surface area contributed by atoms with Crippen molar-refractivity contribution in [2.75, 3.05) is 19.7 Å². The van der Waals surface area contributed by atoms with Gasteiger partial charge in [-0.1, -0.05) is 12.1 Å². The van der Waals surface area contributed by atoms with E-state index < -0.39 is 0 Å². The monoisotopic (exact) mass is 259 g/mol. The van der Waals surface area contributed by atoms with E-state index in [1.165, 1.54) is 18.4 Å². The summed E-state index contributed by atoms with van der Waals surface area (Å²) in [5, 5.41) is 0. The highest BCUT2D eigenvalue weighted by atomic mass is 16.5. The highest BCUT2D eigenvalue weighted by Crippen LogP contribution is 2.35. The summed E-state index contributed by atoms with van der Waals surface area (Å²) in [5.41, 5.74) is 7.27. The van der Waals surface area contributed by atoms with E-state index in [0.717, 1.165) is 24.8 Å². The number of benzene rings is 1. The van der Waals surface area contributed by atoms with Crippen LogP contribution in [0.15, 0.2) is 29.3 Å². The zero-order valence-corrected chi connectivity index (χ0v) is 11.4. The van der Waals surface area contributed by atoms with Crippen molar-refractivity contribution in [1.29, 1.82) is 0 Å². The van der Waals surface area contributed by atoms with Crippen LogP contribution in [-0.4, -0.2) is 30.6 Å². The Kier molecular flexibility index (Phi) is 3.32. The molecule has 102 valence electrons. The first kappa shape index (κ1) is 12.3. The van der Waals surface area contributed by atoms with E-state index in [1.54, 1.807) is 0 Å². The van der Waals surface area contributed by atoms with Gasteiger partial charge in [-0.3, -0.25) is 4.99 Å². The van der Waals surface area contributed by atoms with Gasteiger partial charge in [0.1, 0.15) is 5.75 Å². The van der Waals surface area contributed by atoms with Crippen molar-refractivity contribution in [2.45, 2.75) is 25.8 Å². The van der Waals surface area contributed by atoms with Crippen LogP contribution >= 0.6 is 0 Å². The Morgan fingerprint density at radius 3 is 3.00 bits per heavy atom. The highest BCUT2D eigenvalue weighted by Gasteiger charge is 2.33. The first-order chi connectivity index (χ1) is 9.28. The summed E-state index contributed by atoms with van der Waals surface area (Å²) in [6, 6.07) is 8.58. The maximum absolute atomic E-state index is 6.02. The minimum atomic E-state index is 0.279. The Morgan fingerprint density at radius 2 is 2.26 bits per heavy atom. The molecule has 2 aliphatic rings. The van der Waals surface area contributed by atoms with Crippen LogP contribution in [0.5, 0.6) is 5.75 Å². The summed E-state index contributed by atoms with van der Waals surface area (Å²) in [6.45, 7) is 4.49. The number of aliphatic imine (C=N–C) groups is 1. The van der Waals surface area contributed by atoms with E-state index >= 15 is 0 Å². The third-order valence-corrected chi connectivity index (χ3v) is 3.80. The van der Waals surface area contributed by atoms with Gasteiger partial charge >= 0.3 is 0 Å². The first-order valence-corrected chi connectivity index (χ1v) is 7.07. The number of rotatable bonds is 5. The average Bonchev–Trinajstić information content (AvgIpc) is 3.15. The lowest BCUT2D eigenvalue weighted by atomic mass is 10.1. The molecule has 1 aromatic carbocycles. The van der Waals surface area contributed by atoms with E-state index in [1.807, 2.05) is 19.1 Å². The summed E-state index contributed by atoms with van der Waals surface area (Å²) < 4.78 is 5.57. The zero-order chi connectivity index (χ0) is 13.2. The first-order valence-electron chi connectivity index (χ1n) is 7.07. The van der Waals surface area contributed by atoms with Crippen LogP contribution in [0.3, 0.4) is 0 Å². The van der Waals surface area contributed by atoms with Crippen LogP contribution in [0.2, 0.25) is 0 Å². The van der Waals surface area contributed by atoms with E-state index in [-0.39, 0.29) is 6.04 Å². The van der Waals surface area contributed by atoms with E-state index in [9.17, 15) is 0 Å². The molecule has 0 saturated heterocycles. The van der Waals surface area contributed by atoms with Crippen LogP contribution in [0.25, 0.3) is 0 Å². The van der Waals surface area contributed by atoms with Crippen molar-refractivity contribution in [3.63, 3.8) is 0 Å². The molecule has 2 N–H and O–H groups in total. The normalized spacial score (nSPS) is 22.5. The van der Waals surface area contributed by atoms with Crippen molar-refractivity contribution < 1.29 is 4.74 Å². The molecule has 0 amide bonds. The molecule has 0 aromatic heterocycles. The molecule has 1 atom stereocenters. The molecule has 3 rings (SSSR count). The quantitative estimate of drug-likeness (QED) is 0.881. The molecule has 0 spiro atoms. The number of nitrogens with two attached hydrogens (primary N) is 1. The Hall–Kier alpha value is -1.71. The van der Waals surface area contributed by atoms with E-state index in [4.69, 9.17) is 10.5 Å². The molecule has 4 heteroatoms. The summed E-state index contributed by atoms with van der Waals surface area (Å²) in [6.07, 6.45) is 2.66. The molecule has 1 aliphatic carbocycles. The zero-order valence-electron chi connectivity index (χ0n) is 11.4. The molecule has 1 fully saturated rings. The van der Waals surface area contributed by atoms with Crippen molar-refractivity contribution in [3.05, 3.63) is 29.8 Å². The van der Waals surface area contributed by atoms with E-state index in [2.05, 4.69) is 22.0 Å². The second-order valence-electron chi connectivity index (χ2n) is 5.32. The number of ether oxygens (including phenoxy) is 1. The van der Waals surface area contributed by atoms with Gasteiger partial charge < -0.3 is 15.4 Å². The molecule has 1 aromatic rings. The third kappa shape index (κ3) is 2.67. The topological polar surface area (TPSA) is 50.9 Å². The highest BCUT2D eigenvalue weighted by molar-refractivity contribution is 5.80.